The van der Waals surface area contributed by atoms with Gasteiger partial charge in [-0.1, -0.05) is 30.7 Å². The van der Waals surface area contributed by atoms with Crippen LogP contribution in [-0.2, 0) is 19.9 Å². The standard InChI is InChI=1S/C14H16BrClN2O/c1-3-11-14(15)12(18(2)17-11)8-13(19)9-5-4-6-10(16)7-9/h4-7,13,19H,3,8H2,1-2H3. The first kappa shape index (κ1) is 14.6. The van der Waals surface area contributed by atoms with Gasteiger partial charge in [0.25, 0.3) is 0 Å². The van der Waals surface area contributed by atoms with Crippen LogP contribution in [0.1, 0.15) is 30.0 Å². The van der Waals surface area contributed by atoms with Gasteiger partial charge in [-0.25, -0.2) is 0 Å². The Balaban J connectivity index is 2.24. The number of halogens is 2. The first-order valence-electron chi connectivity index (χ1n) is 6.16. The molecule has 0 spiro atoms. The SMILES string of the molecule is CCc1nn(C)c(CC(O)c2cccc(Cl)c2)c1Br. The van der Waals surface area contributed by atoms with Crippen molar-refractivity contribution < 1.29 is 5.11 Å². The fourth-order valence-corrected chi connectivity index (χ4v) is 3.03. The summed E-state index contributed by atoms with van der Waals surface area (Å²) < 4.78 is 2.80. The molecule has 0 bridgehead atoms. The summed E-state index contributed by atoms with van der Waals surface area (Å²) in [6.45, 7) is 2.06. The van der Waals surface area contributed by atoms with Crippen molar-refractivity contribution in [1.29, 1.82) is 0 Å². The van der Waals surface area contributed by atoms with E-state index in [0.29, 0.717) is 11.4 Å². The lowest BCUT2D eigenvalue weighted by molar-refractivity contribution is 0.175. The number of aliphatic hydroxyl groups is 1. The third-order valence-electron chi connectivity index (χ3n) is 3.12. The molecule has 0 saturated heterocycles. The lowest BCUT2D eigenvalue weighted by atomic mass is 10.0. The van der Waals surface area contributed by atoms with Crippen LogP contribution < -0.4 is 0 Å². The number of nitrogens with zero attached hydrogens (tertiary/aromatic N) is 2. The second-order valence-corrected chi connectivity index (χ2v) is 5.69. The fourth-order valence-electron chi connectivity index (χ4n) is 2.06. The van der Waals surface area contributed by atoms with Gasteiger partial charge in [0, 0.05) is 18.5 Å². The van der Waals surface area contributed by atoms with Gasteiger partial charge in [-0.2, -0.15) is 5.10 Å². The number of aromatic nitrogens is 2. The van der Waals surface area contributed by atoms with E-state index in [2.05, 4.69) is 28.0 Å². The molecule has 3 nitrogen and oxygen atoms in total. The molecule has 102 valence electrons. The van der Waals surface area contributed by atoms with E-state index in [9.17, 15) is 5.11 Å². The number of benzene rings is 1. The highest BCUT2D eigenvalue weighted by Crippen LogP contribution is 2.27. The summed E-state index contributed by atoms with van der Waals surface area (Å²) >= 11 is 9.50. The van der Waals surface area contributed by atoms with E-state index in [4.69, 9.17) is 11.6 Å². The first-order valence-corrected chi connectivity index (χ1v) is 7.33. The summed E-state index contributed by atoms with van der Waals surface area (Å²) in [6, 6.07) is 7.31. The van der Waals surface area contributed by atoms with Crippen molar-refractivity contribution >= 4 is 27.5 Å². The largest absolute Gasteiger partial charge is 0.388 e. The molecule has 2 aromatic rings. The molecule has 5 heteroatoms. The van der Waals surface area contributed by atoms with Crippen LogP contribution in [0.15, 0.2) is 28.7 Å². The van der Waals surface area contributed by atoms with E-state index >= 15 is 0 Å². The summed E-state index contributed by atoms with van der Waals surface area (Å²) in [4.78, 5) is 0. The van der Waals surface area contributed by atoms with Crippen molar-refractivity contribution in [1.82, 2.24) is 9.78 Å². The molecule has 1 aromatic carbocycles. The number of hydrogen-bond acceptors (Lipinski definition) is 2. The molecule has 1 aromatic heterocycles. The summed E-state index contributed by atoms with van der Waals surface area (Å²) in [5.41, 5.74) is 2.82. The van der Waals surface area contributed by atoms with Crippen molar-refractivity contribution in [2.45, 2.75) is 25.9 Å². The molecule has 0 aliphatic carbocycles. The van der Waals surface area contributed by atoms with Crippen LogP contribution in [0.5, 0.6) is 0 Å². The topological polar surface area (TPSA) is 38.0 Å². The van der Waals surface area contributed by atoms with Gasteiger partial charge in [0.2, 0.25) is 0 Å². The Morgan fingerprint density at radius 3 is 2.79 bits per heavy atom. The lowest BCUT2D eigenvalue weighted by Crippen LogP contribution is -2.07. The Hall–Kier alpha value is -0.840. The molecule has 0 saturated carbocycles. The van der Waals surface area contributed by atoms with E-state index in [-0.39, 0.29) is 0 Å². The van der Waals surface area contributed by atoms with Crippen molar-refractivity contribution in [3.05, 3.63) is 50.7 Å². The molecule has 0 amide bonds. The molecular formula is C14H16BrClN2O. The van der Waals surface area contributed by atoms with Gasteiger partial charge < -0.3 is 5.11 Å². The van der Waals surface area contributed by atoms with E-state index in [1.807, 2.05) is 23.9 Å². The summed E-state index contributed by atoms with van der Waals surface area (Å²) in [5.74, 6) is 0. The summed E-state index contributed by atoms with van der Waals surface area (Å²) in [7, 11) is 1.89. The quantitative estimate of drug-likeness (QED) is 0.919. The second-order valence-electron chi connectivity index (χ2n) is 4.46. The Bertz CT molecular complexity index is 583. The minimum atomic E-state index is -0.588. The Morgan fingerprint density at radius 1 is 1.47 bits per heavy atom. The molecule has 0 fully saturated rings. The molecule has 1 heterocycles. The first-order chi connectivity index (χ1) is 9.02. The predicted molar refractivity (Wildman–Crippen MR) is 80.4 cm³/mol. The van der Waals surface area contributed by atoms with Gasteiger partial charge >= 0.3 is 0 Å². The molecule has 1 atom stereocenters. The van der Waals surface area contributed by atoms with Crippen molar-refractivity contribution in [3.63, 3.8) is 0 Å². The van der Waals surface area contributed by atoms with Gasteiger partial charge in [0.1, 0.15) is 0 Å². The predicted octanol–water partition coefficient (Wildman–Crippen LogP) is 3.67. The number of hydrogen-bond donors (Lipinski definition) is 1. The van der Waals surface area contributed by atoms with Crippen molar-refractivity contribution in [2.24, 2.45) is 7.05 Å². The number of aliphatic hydroxyl groups excluding tert-OH is 1. The summed E-state index contributed by atoms with van der Waals surface area (Å²) in [6.07, 6.45) is 0.779. The van der Waals surface area contributed by atoms with Crippen LogP contribution in [0.2, 0.25) is 5.02 Å². The zero-order valence-electron chi connectivity index (χ0n) is 10.9. The third-order valence-corrected chi connectivity index (χ3v) is 4.27. The minimum absolute atomic E-state index is 0.504. The van der Waals surface area contributed by atoms with Crippen LogP contribution in [0.25, 0.3) is 0 Å². The summed E-state index contributed by atoms with van der Waals surface area (Å²) in [5, 5.41) is 15.4. The normalized spacial score (nSPS) is 12.7. The molecule has 0 radical (unpaired) electrons. The van der Waals surface area contributed by atoms with Gasteiger partial charge in [-0.05, 0) is 40.0 Å². The molecule has 1 unspecified atom stereocenters. The van der Waals surface area contributed by atoms with Crippen molar-refractivity contribution in [2.75, 3.05) is 0 Å². The number of rotatable bonds is 4. The second kappa shape index (κ2) is 6.07. The highest BCUT2D eigenvalue weighted by Gasteiger charge is 2.17. The average molecular weight is 344 g/mol. The molecule has 1 N–H and O–H groups in total. The monoisotopic (exact) mass is 342 g/mol. The molecule has 19 heavy (non-hydrogen) atoms. The van der Waals surface area contributed by atoms with Crippen LogP contribution >= 0.6 is 27.5 Å². The van der Waals surface area contributed by atoms with E-state index < -0.39 is 6.10 Å². The molecule has 0 aliphatic heterocycles. The van der Waals surface area contributed by atoms with Gasteiger partial charge in [0.05, 0.1) is 22.0 Å². The highest BCUT2D eigenvalue weighted by molar-refractivity contribution is 9.10. The Kier molecular flexibility index (Phi) is 4.66. The van der Waals surface area contributed by atoms with E-state index in [1.165, 1.54) is 0 Å². The fraction of sp³-hybridized carbons (Fsp3) is 0.357. The van der Waals surface area contributed by atoms with Crippen LogP contribution in [-0.4, -0.2) is 14.9 Å². The average Bonchev–Trinajstić information content (AvgIpc) is 2.66. The van der Waals surface area contributed by atoms with Crippen LogP contribution in [0.4, 0.5) is 0 Å². The Morgan fingerprint density at radius 2 is 2.21 bits per heavy atom. The maximum absolute atomic E-state index is 10.3. The zero-order chi connectivity index (χ0) is 14.0. The van der Waals surface area contributed by atoms with E-state index in [1.54, 1.807) is 12.1 Å². The lowest BCUT2D eigenvalue weighted by Gasteiger charge is -2.12. The smallest absolute Gasteiger partial charge is 0.0846 e. The maximum atomic E-state index is 10.3. The highest BCUT2D eigenvalue weighted by atomic mass is 79.9. The minimum Gasteiger partial charge on any atom is -0.388 e. The van der Waals surface area contributed by atoms with Crippen molar-refractivity contribution in [3.8, 4) is 0 Å². The van der Waals surface area contributed by atoms with Crippen LogP contribution in [0, 0.1) is 0 Å². The Labute approximate surface area is 126 Å². The zero-order valence-corrected chi connectivity index (χ0v) is 13.2. The molecule has 0 aliphatic rings. The third kappa shape index (κ3) is 3.19. The van der Waals surface area contributed by atoms with Gasteiger partial charge in [-0.15, -0.1) is 0 Å². The molecular weight excluding hydrogens is 328 g/mol. The van der Waals surface area contributed by atoms with E-state index in [0.717, 1.165) is 27.8 Å². The van der Waals surface area contributed by atoms with Gasteiger partial charge in [-0.3, -0.25) is 4.68 Å². The number of aryl methyl sites for hydroxylation is 2. The maximum Gasteiger partial charge on any atom is 0.0846 e. The van der Waals surface area contributed by atoms with Gasteiger partial charge in [0.15, 0.2) is 0 Å². The van der Waals surface area contributed by atoms with Crippen LogP contribution in [0.3, 0.4) is 0 Å². The molecule has 2 rings (SSSR count).